The van der Waals surface area contributed by atoms with E-state index in [4.69, 9.17) is 0 Å². The molecule has 3 aromatic heterocycles. The lowest BCUT2D eigenvalue weighted by Gasteiger charge is -2.06. The van der Waals surface area contributed by atoms with Gasteiger partial charge in [0.25, 0.3) is 5.56 Å². The van der Waals surface area contributed by atoms with Crippen molar-refractivity contribution >= 4 is 38.8 Å². The van der Waals surface area contributed by atoms with E-state index in [0.29, 0.717) is 16.8 Å². The molecule has 1 N–H and O–H groups in total. The van der Waals surface area contributed by atoms with E-state index >= 15 is 0 Å². The number of aromatic nitrogens is 2. The van der Waals surface area contributed by atoms with Gasteiger partial charge < -0.3 is 5.32 Å². The lowest BCUT2D eigenvalue weighted by Crippen LogP contribution is -2.31. The van der Waals surface area contributed by atoms with Gasteiger partial charge in [0.15, 0.2) is 0 Å². The maximum atomic E-state index is 12.1. The van der Waals surface area contributed by atoms with Crippen LogP contribution in [-0.4, -0.2) is 15.5 Å². The third kappa shape index (κ3) is 2.63. The summed E-state index contributed by atoms with van der Waals surface area (Å²) >= 11 is 3.00. The molecule has 3 rings (SSSR count). The molecule has 0 saturated heterocycles. The predicted molar refractivity (Wildman–Crippen MR) is 80.0 cm³/mol. The van der Waals surface area contributed by atoms with Gasteiger partial charge in [-0.05, 0) is 22.9 Å². The summed E-state index contributed by atoms with van der Waals surface area (Å²) in [5.41, 5.74) is -0.178. The first kappa shape index (κ1) is 13.0. The number of thiophene rings is 2. The molecule has 7 heteroatoms. The van der Waals surface area contributed by atoms with Crippen molar-refractivity contribution in [3.05, 3.63) is 50.5 Å². The van der Waals surface area contributed by atoms with Gasteiger partial charge in [-0.15, -0.1) is 22.7 Å². The van der Waals surface area contributed by atoms with E-state index in [9.17, 15) is 9.59 Å². The Hall–Kier alpha value is -1.99. The van der Waals surface area contributed by atoms with Crippen LogP contribution in [0.2, 0.25) is 0 Å². The summed E-state index contributed by atoms with van der Waals surface area (Å²) in [4.78, 5) is 29.9. The van der Waals surface area contributed by atoms with Crippen LogP contribution in [0.5, 0.6) is 0 Å². The van der Waals surface area contributed by atoms with Gasteiger partial charge in [-0.1, -0.05) is 6.07 Å². The summed E-state index contributed by atoms with van der Waals surface area (Å²) in [6.07, 6.45) is 1.42. The van der Waals surface area contributed by atoms with E-state index in [1.54, 1.807) is 17.4 Å². The molecule has 0 aliphatic heterocycles. The molecule has 0 saturated carbocycles. The zero-order chi connectivity index (χ0) is 13.9. The van der Waals surface area contributed by atoms with Crippen LogP contribution in [0.1, 0.15) is 4.88 Å². The van der Waals surface area contributed by atoms with E-state index in [0.717, 1.165) is 4.88 Å². The van der Waals surface area contributed by atoms with Crippen molar-refractivity contribution in [3.63, 3.8) is 0 Å². The number of fused-ring (bicyclic) bond motifs is 1. The van der Waals surface area contributed by atoms with E-state index in [2.05, 4.69) is 10.3 Å². The van der Waals surface area contributed by atoms with Crippen molar-refractivity contribution in [2.24, 2.45) is 0 Å². The first-order valence-electron chi connectivity index (χ1n) is 5.96. The van der Waals surface area contributed by atoms with Crippen LogP contribution in [-0.2, 0) is 17.9 Å². The number of nitrogens with zero attached hydrogens (tertiary/aromatic N) is 2. The number of amides is 1. The Balaban J connectivity index is 1.71. The average Bonchev–Trinajstić information content (AvgIpc) is 3.10. The molecule has 0 aromatic carbocycles. The highest BCUT2D eigenvalue weighted by molar-refractivity contribution is 7.16. The van der Waals surface area contributed by atoms with Crippen molar-refractivity contribution < 1.29 is 4.79 Å². The monoisotopic (exact) mass is 305 g/mol. The fraction of sp³-hybridized carbons (Fsp3) is 0.154. The zero-order valence-corrected chi connectivity index (χ0v) is 12.0. The highest BCUT2D eigenvalue weighted by Crippen LogP contribution is 2.13. The molecule has 5 nitrogen and oxygen atoms in total. The second-order valence-electron chi connectivity index (χ2n) is 4.17. The number of hydrogen-bond acceptors (Lipinski definition) is 5. The van der Waals surface area contributed by atoms with Gasteiger partial charge in [0.1, 0.15) is 11.4 Å². The van der Waals surface area contributed by atoms with Gasteiger partial charge >= 0.3 is 0 Å². The lowest BCUT2D eigenvalue weighted by molar-refractivity contribution is -0.121. The quantitative estimate of drug-likeness (QED) is 0.800. The second-order valence-corrected chi connectivity index (χ2v) is 6.10. The maximum absolute atomic E-state index is 12.1. The van der Waals surface area contributed by atoms with Gasteiger partial charge in [-0.25, -0.2) is 4.98 Å². The standard InChI is InChI=1S/C13H11N3O2S2/c17-11(14-6-9-2-1-4-19-9)7-16-8-15-12-10(13(16)18)3-5-20-12/h1-5,8H,6-7H2,(H,14,17). The number of carbonyl (C=O) groups excluding carboxylic acids is 1. The minimum atomic E-state index is -0.197. The third-order valence-corrected chi connectivity index (χ3v) is 4.50. The predicted octanol–water partition coefficient (Wildman–Crippen LogP) is 1.84. The van der Waals surface area contributed by atoms with Gasteiger partial charge in [0, 0.05) is 4.88 Å². The Bertz CT molecular complexity index is 789. The minimum Gasteiger partial charge on any atom is -0.350 e. The molecule has 3 heterocycles. The Morgan fingerprint density at radius 3 is 3.00 bits per heavy atom. The molecular formula is C13H11N3O2S2. The summed E-state index contributed by atoms with van der Waals surface area (Å²) in [5, 5.41) is 7.13. The van der Waals surface area contributed by atoms with Crippen molar-refractivity contribution in [2.45, 2.75) is 13.1 Å². The van der Waals surface area contributed by atoms with E-state index in [1.807, 2.05) is 22.9 Å². The summed E-state index contributed by atoms with van der Waals surface area (Å²) in [7, 11) is 0. The third-order valence-electron chi connectivity index (χ3n) is 2.80. The maximum Gasteiger partial charge on any atom is 0.262 e. The summed E-state index contributed by atoms with van der Waals surface area (Å²) in [6.45, 7) is 0.475. The number of carbonyl (C=O) groups is 1. The molecule has 1 amide bonds. The SMILES string of the molecule is O=C(Cn1cnc2sccc2c1=O)NCc1cccs1. The van der Waals surface area contributed by atoms with Crippen LogP contribution >= 0.6 is 22.7 Å². The molecule has 0 unspecified atom stereocenters. The molecule has 0 spiro atoms. The molecule has 3 aromatic rings. The van der Waals surface area contributed by atoms with Gasteiger partial charge in [-0.3, -0.25) is 14.2 Å². The van der Waals surface area contributed by atoms with Gasteiger partial charge in [0.2, 0.25) is 5.91 Å². The van der Waals surface area contributed by atoms with Crippen LogP contribution in [0.15, 0.2) is 40.1 Å². The van der Waals surface area contributed by atoms with Gasteiger partial charge in [-0.2, -0.15) is 0 Å². The first-order chi connectivity index (χ1) is 9.74. The molecule has 20 heavy (non-hydrogen) atoms. The molecular weight excluding hydrogens is 294 g/mol. The smallest absolute Gasteiger partial charge is 0.262 e. The summed E-state index contributed by atoms with van der Waals surface area (Å²) < 4.78 is 1.33. The van der Waals surface area contributed by atoms with Crippen molar-refractivity contribution in [3.8, 4) is 0 Å². The Morgan fingerprint density at radius 1 is 1.30 bits per heavy atom. The second kappa shape index (κ2) is 5.56. The first-order valence-corrected chi connectivity index (χ1v) is 7.72. The van der Waals surface area contributed by atoms with E-state index in [-0.39, 0.29) is 18.0 Å². The average molecular weight is 305 g/mol. The molecule has 0 aliphatic rings. The number of nitrogens with one attached hydrogen (secondary N) is 1. The number of rotatable bonds is 4. The fourth-order valence-corrected chi connectivity index (χ4v) is 3.18. The van der Waals surface area contributed by atoms with Gasteiger partial charge in [0.05, 0.1) is 18.3 Å². The fourth-order valence-electron chi connectivity index (χ4n) is 1.82. The van der Waals surface area contributed by atoms with Crippen LogP contribution in [0.4, 0.5) is 0 Å². The van der Waals surface area contributed by atoms with E-state index < -0.39 is 0 Å². The minimum absolute atomic E-state index is 0.0109. The largest absolute Gasteiger partial charge is 0.350 e. The van der Waals surface area contributed by atoms with Crippen molar-refractivity contribution in [2.75, 3.05) is 0 Å². The van der Waals surface area contributed by atoms with Crippen LogP contribution < -0.4 is 10.9 Å². The molecule has 0 radical (unpaired) electrons. The highest BCUT2D eigenvalue weighted by atomic mass is 32.1. The highest BCUT2D eigenvalue weighted by Gasteiger charge is 2.08. The molecule has 0 atom stereocenters. The zero-order valence-electron chi connectivity index (χ0n) is 10.4. The molecule has 102 valence electrons. The normalized spacial score (nSPS) is 10.8. The topological polar surface area (TPSA) is 64.0 Å². The molecule has 0 bridgehead atoms. The molecule has 0 aliphatic carbocycles. The van der Waals surface area contributed by atoms with Crippen molar-refractivity contribution in [1.29, 1.82) is 0 Å². The summed E-state index contributed by atoms with van der Waals surface area (Å²) in [6, 6.07) is 5.62. The Kier molecular flexibility index (Phi) is 3.62. The summed E-state index contributed by atoms with van der Waals surface area (Å²) in [5.74, 6) is -0.197. The van der Waals surface area contributed by atoms with Crippen molar-refractivity contribution in [1.82, 2.24) is 14.9 Å². The van der Waals surface area contributed by atoms with Crippen LogP contribution in [0.25, 0.3) is 10.2 Å². The number of hydrogen-bond donors (Lipinski definition) is 1. The van der Waals surface area contributed by atoms with E-state index in [1.165, 1.54) is 22.2 Å². The molecule has 0 fully saturated rings. The van der Waals surface area contributed by atoms with Crippen LogP contribution in [0, 0.1) is 0 Å². The Labute approximate surface area is 122 Å². The van der Waals surface area contributed by atoms with Crippen LogP contribution in [0.3, 0.4) is 0 Å². The lowest BCUT2D eigenvalue weighted by atomic mass is 10.4. The Morgan fingerprint density at radius 2 is 2.20 bits per heavy atom.